The van der Waals surface area contributed by atoms with E-state index in [1.165, 1.54) is 0 Å². The molecule has 4 nitrogen and oxygen atoms in total. The molecule has 0 saturated carbocycles. The lowest BCUT2D eigenvalue weighted by molar-refractivity contribution is 0.102. The van der Waals surface area contributed by atoms with Gasteiger partial charge in [0.1, 0.15) is 5.75 Å². The summed E-state index contributed by atoms with van der Waals surface area (Å²) in [5.41, 5.74) is 8.50. The summed E-state index contributed by atoms with van der Waals surface area (Å²) in [4.78, 5) is 12.6. The molecule has 5 heteroatoms. The van der Waals surface area contributed by atoms with Gasteiger partial charge in [0.05, 0.1) is 5.56 Å². The van der Waals surface area contributed by atoms with Crippen molar-refractivity contribution in [1.82, 2.24) is 0 Å². The predicted octanol–water partition coefficient (Wildman–Crippen LogP) is 5.21. The van der Waals surface area contributed by atoms with Gasteiger partial charge in [-0.2, -0.15) is 0 Å². The van der Waals surface area contributed by atoms with E-state index in [-0.39, 0.29) is 10.9 Å². The summed E-state index contributed by atoms with van der Waals surface area (Å²) in [7, 11) is -1.92. The van der Waals surface area contributed by atoms with Crippen LogP contribution in [0.3, 0.4) is 0 Å². The molecule has 2 rings (SSSR count). The Kier molecular flexibility index (Phi) is 5.27. The van der Waals surface area contributed by atoms with Gasteiger partial charge in [-0.05, 0) is 48.8 Å². The summed E-state index contributed by atoms with van der Waals surface area (Å²) in [5, 5.41) is 3.03. The van der Waals surface area contributed by atoms with Crippen molar-refractivity contribution in [2.45, 2.75) is 45.8 Å². The molecule has 0 aromatic heterocycles. The second kappa shape index (κ2) is 6.92. The minimum absolute atomic E-state index is 0.113. The fourth-order valence-corrected chi connectivity index (χ4v) is 3.30. The molecule has 25 heavy (non-hydrogen) atoms. The zero-order chi connectivity index (χ0) is 18.8. The van der Waals surface area contributed by atoms with Gasteiger partial charge < -0.3 is 15.5 Å². The van der Waals surface area contributed by atoms with Gasteiger partial charge >= 0.3 is 0 Å². The molecule has 134 valence electrons. The summed E-state index contributed by atoms with van der Waals surface area (Å²) in [5.74, 6) is 0.572. The number of hydrogen-bond donors (Lipinski definition) is 2. The molecule has 0 unspecified atom stereocenters. The second-order valence-electron chi connectivity index (χ2n) is 7.88. The molecular weight excluding hydrogens is 328 g/mol. The molecule has 0 bridgehead atoms. The predicted molar refractivity (Wildman–Crippen MR) is 108 cm³/mol. The van der Waals surface area contributed by atoms with Gasteiger partial charge in [0.15, 0.2) is 0 Å². The number of benzene rings is 2. The Balaban J connectivity index is 2.21. The average molecular weight is 357 g/mol. The van der Waals surface area contributed by atoms with E-state index in [9.17, 15) is 4.79 Å². The maximum absolute atomic E-state index is 12.6. The van der Waals surface area contributed by atoms with Crippen LogP contribution < -0.4 is 15.5 Å². The van der Waals surface area contributed by atoms with Gasteiger partial charge in [-0.3, -0.25) is 4.79 Å². The highest BCUT2D eigenvalue weighted by molar-refractivity contribution is 6.74. The maximum Gasteiger partial charge on any atom is 0.258 e. The van der Waals surface area contributed by atoms with E-state index >= 15 is 0 Å². The lowest BCUT2D eigenvalue weighted by Crippen LogP contribution is -2.43. The first-order valence-electron chi connectivity index (χ1n) is 8.47. The van der Waals surface area contributed by atoms with E-state index in [4.69, 9.17) is 10.2 Å². The zero-order valence-corrected chi connectivity index (χ0v) is 16.9. The molecule has 0 heterocycles. The van der Waals surface area contributed by atoms with Crippen molar-refractivity contribution in [3.63, 3.8) is 0 Å². The Labute approximate surface area is 151 Å². The molecule has 0 radical (unpaired) electrons. The largest absolute Gasteiger partial charge is 0.543 e. The SMILES string of the molecule is Cc1cccc(N)c1C(=O)Nc1cccc(O[Si](C)(C)C(C)(C)C)c1. The van der Waals surface area contributed by atoms with Crippen LogP contribution in [0.2, 0.25) is 18.1 Å². The van der Waals surface area contributed by atoms with Crippen molar-refractivity contribution in [1.29, 1.82) is 0 Å². The first-order valence-corrected chi connectivity index (χ1v) is 11.4. The van der Waals surface area contributed by atoms with E-state index in [0.717, 1.165) is 11.3 Å². The third kappa shape index (κ3) is 4.42. The monoisotopic (exact) mass is 356 g/mol. The van der Waals surface area contributed by atoms with Gasteiger partial charge in [-0.1, -0.05) is 39.0 Å². The Bertz CT molecular complexity index is 759. The summed E-state index contributed by atoms with van der Waals surface area (Å²) < 4.78 is 6.30. The van der Waals surface area contributed by atoms with Crippen molar-refractivity contribution in [3.8, 4) is 5.75 Å². The van der Waals surface area contributed by atoms with Crippen molar-refractivity contribution < 1.29 is 9.22 Å². The molecular formula is C20H28N2O2Si. The number of hydrogen-bond acceptors (Lipinski definition) is 3. The fraction of sp³-hybridized carbons (Fsp3) is 0.350. The van der Waals surface area contributed by atoms with Crippen molar-refractivity contribution >= 4 is 25.6 Å². The van der Waals surface area contributed by atoms with E-state index < -0.39 is 8.32 Å². The smallest absolute Gasteiger partial charge is 0.258 e. The number of amides is 1. The zero-order valence-electron chi connectivity index (χ0n) is 15.9. The Morgan fingerprint density at radius 2 is 1.76 bits per heavy atom. The normalized spacial score (nSPS) is 11.9. The number of nitrogens with one attached hydrogen (secondary N) is 1. The quantitative estimate of drug-likeness (QED) is 0.583. The Morgan fingerprint density at radius 1 is 1.12 bits per heavy atom. The Hall–Kier alpha value is -2.27. The van der Waals surface area contributed by atoms with Gasteiger partial charge in [-0.15, -0.1) is 0 Å². The summed E-state index contributed by atoms with van der Waals surface area (Å²) >= 11 is 0. The first-order chi connectivity index (χ1) is 11.5. The number of rotatable bonds is 4. The Morgan fingerprint density at radius 3 is 2.36 bits per heavy atom. The third-order valence-electron chi connectivity index (χ3n) is 4.80. The molecule has 0 atom stereocenters. The van der Waals surface area contributed by atoms with Crippen LogP contribution in [0.1, 0.15) is 36.7 Å². The van der Waals surface area contributed by atoms with Crippen LogP contribution in [0.25, 0.3) is 0 Å². The number of carbonyl (C=O) groups excluding carboxylic acids is 1. The highest BCUT2D eigenvalue weighted by atomic mass is 28.4. The molecule has 0 spiro atoms. The average Bonchev–Trinajstić information content (AvgIpc) is 2.45. The van der Waals surface area contributed by atoms with Crippen LogP contribution in [-0.4, -0.2) is 14.2 Å². The minimum Gasteiger partial charge on any atom is -0.543 e. The van der Waals surface area contributed by atoms with Gasteiger partial charge in [0, 0.05) is 17.4 Å². The highest BCUT2D eigenvalue weighted by Gasteiger charge is 2.38. The fourth-order valence-electron chi connectivity index (χ4n) is 2.28. The van der Waals surface area contributed by atoms with Crippen LogP contribution in [-0.2, 0) is 0 Å². The van der Waals surface area contributed by atoms with Crippen LogP contribution in [0.15, 0.2) is 42.5 Å². The molecule has 0 fully saturated rings. The topological polar surface area (TPSA) is 64.4 Å². The summed E-state index contributed by atoms with van der Waals surface area (Å²) in [6.07, 6.45) is 0. The number of carbonyl (C=O) groups is 1. The van der Waals surface area contributed by atoms with Crippen molar-refractivity contribution in [2.75, 3.05) is 11.1 Å². The van der Waals surface area contributed by atoms with Crippen LogP contribution in [0, 0.1) is 6.92 Å². The number of anilines is 2. The molecule has 0 aliphatic heterocycles. The summed E-state index contributed by atoms with van der Waals surface area (Å²) in [6, 6.07) is 13.0. The van der Waals surface area contributed by atoms with E-state index in [2.05, 4.69) is 39.2 Å². The highest BCUT2D eigenvalue weighted by Crippen LogP contribution is 2.37. The summed E-state index contributed by atoms with van der Waals surface area (Å²) in [6.45, 7) is 12.9. The molecule has 0 aliphatic carbocycles. The molecule has 2 aromatic rings. The van der Waals surface area contributed by atoms with E-state index in [0.29, 0.717) is 16.9 Å². The molecule has 0 saturated heterocycles. The second-order valence-corrected chi connectivity index (χ2v) is 12.6. The molecule has 1 amide bonds. The van der Waals surface area contributed by atoms with Crippen LogP contribution in [0.4, 0.5) is 11.4 Å². The number of nitrogen functional groups attached to an aromatic ring is 1. The van der Waals surface area contributed by atoms with Crippen LogP contribution >= 0.6 is 0 Å². The third-order valence-corrected chi connectivity index (χ3v) is 9.16. The van der Waals surface area contributed by atoms with Crippen molar-refractivity contribution in [3.05, 3.63) is 53.6 Å². The maximum atomic E-state index is 12.6. The molecule has 2 aromatic carbocycles. The minimum atomic E-state index is -1.92. The standard InChI is InChI=1S/C20H28N2O2Si/c1-14-9-7-12-17(21)18(14)19(23)22-15-10-8-11-16(13-15)24-25(5,6)20(2,3)4/h7-13H,21H2,1-6H3,(H,22,23). The van der Waals surface area contributed by atoms with Gasteiger partial charge in [0.25, 0.3) is 5.91 Å². The molecule has 0 aliphatic rings. The lowest BCUT2D eigenvalue weighted by Gasteiger charge is -2.36. The van der Waals surface area contributed by atoms with E-state index in [1.54, 1.807) is 6.07 Å². The van der Waals surface area contributed by atoms with Gasteiger partial charge in [0.2, 0.25) is 8.32 Å². The first kappa shape index (κ1) is 19.1. The van der Waals surface area contributed by atoms with Crippen molar-refractivity contribution in [2.24, 2.45) is 0 Å². The number of aryl methyl sites for hydroxylation is 1. The van der Waals surface area contributed by atoms with Crippen LogP contribution in [0.5, 0.6) is 5.75 Å². The van der Waals surface area contributed by atoms with Gasteiger partial charge in [-0.25, -0.2) is 0 Å². The van der Waals surface area contributed by atoms with E-state index in [1.807, 2.05) is 43.3 Å². The number of nitrogens with two attached hydrogens (primary N) is 1. The lowest BCUT2D eigenvalue weighted by atomic mass is 10.1. The molecule has 3 N–H and O–H groups in total.